The molecule has 6 nitrogen and oxygen atoms in total. The van der Waals surface area contributed by atoms with Crippen molar-refractivity contribution in [3.63, 3.8) is 0 Å². The van der Waals surface area contributed by atoms with Gasteiger partial charge in [-0.05, 0) is 31.4 Å². The summed E-state index contributed by atoms with van der Waals surface area (Å²) in [5.41, 5.74) is -0.865. The number of amides is 1. The molecule has 28 heavy (non-hydrogen) atoms. The summed E-state index contributed by atoms with van der Waals surface area (Å²) in [5, 5.41) is 6.11. The molecule has 3 saturated carbocycles. The number of nitrogens with zero attached hydrogens (tertiary/aromatic N) is 2. The zero-order chi connectivity index (χ0) is 19.9. The van der Waals surface area contributed by atoms with E-state index in [1.165, 1.54) is 18.3 Å². The van der Waals surface area contributed by atoms with E-state index in [0.29, 0.717) is 25.1 Å². The van der Waals surface area contributed by atoms with E-state index < -0.39 is 12.2 Å². The maximum Gasteiger partial charge on any atom is 0.281 e. The Bertz CT molecular complexity index is 890. The third kappa shape index (κ3) is 3.58. The maximum absolute atomic E-state index is 13.4. The van der Waals surface area contributed by atoms with Crippen LogP contribution in [-0.4, -0.2) is 33.6 Å². The Morgan fingerprint density at radius 2 is 1.96 bits per heavy atom. The van der Waals surface area contributed by atoms with E-state index >= 15 is 0 Å². The van der Waals surface area contributed by atoms with Crippen LogP contribution in [0.1, 0.15) is 31.4 Å². The molecule has 0 aliphatic heterocycles. The highest BCUT2D eigenvalue weighted by Crippen LogP contribution is 2.61. The molecule has 3 aliphatic rings. The van der Waals surface area contributed by atoms with Crippen LogP contribution in [0.25, 0.3) is 0 Å². The molecule has 1 aromatic heterocycles. The van der Waals surface area contributed by atoms with Crippen molar-refractivity contribution in [1.82, 2.24) is 15.3 Å². The van der Waals surface area contributed by atoms with E-state index in [1.807, 2.05) is 0 Å². The van der Waals surface area contributed by atoms with Gasteiger partial charge < -0.3 is 15.4 Å². The van der Waals surface area contributed by atoms with Gasteiger partial charge in [0.25, 0.3) is 12.3 Å². The second-order valence-electron chi connectivity index (χ2n) is 7.26. The van der Waals surface area contributed by atoms with Crippen LogP contribution in [0.3, 0.4) is 0 Å². The van der Waals surface area contributed by atoms with Crippen LogP contribution in [0.15, 0.2) is 30.6 Å². The topological polar surface area (TPSA) is 76.1 Å². The average Bonchev–Trinajstić information content (AvgIpc) is 2.60. The lowest BCUT2D eigenvalue weighted by molar-refractivity contribution is -0.135. The molecule has 3 aliphatic carbocycles. The SMILES string of the molecule is O=C(COc1ccc(Cl)c(F)c1)NC12CC(Nc3cnc(C(F)F)cn3)(C1)C2. The van der Waals surface area contributed by atoms with Crippen LogP contribution in [0, 0.1) is 5.82 Å². The predicted octanol–water partition coefficient (Wildman–Crippen LogP) is 3.49. The van der Waals surface area contributed by atoms with E-state index in [0.717, 1.165) is 12.3 Å². The standard InChI is InChI=1S/C18H16ClF3N4O2/c19-11-2-1-10(3-12(11)20)28-6-15(27)26-18-7-17(8-18,9-18)25-14-5-23-13(4-24-14)16(21)22/h1-5,16H,6-9H2,(H,24,25)(H,26,27). The summed E-state index contributed by atoms with van der Waals surface area (Å²) in [7, 11) is 0. The lowest BCUT2D eigenvalue weighted by Crippen LogP contribution is -2.81. The highest BCUT2D eigenvalue weighted by molar-refractivity contribution is 6.30. The number of carbonyl (C=O) groups is 1. The molecule has 0 saturated heterocycles. The molecule has 2 aromatic rings. The molecule has 1 amide bonds. The van der Waals surface area contributed by atoms with E-state index in [-0.39, 0.29) is 40.1 Å². The third-order valence-electron chi connectivity index (χ3n) is 4.98. The molecule has 1 heterocycles. The molecule has 3 fully saturated rings. The van der Waals surface area contributed by atoms with E-state index in [1.54, 1.807) is 0 Å². The number of hydrogen-bond donors (Lipinski definition) is 2. The molecule has 10 heteroatoms. The van der Waals surface area contributed by atoms with Crippen molar-refractivity contribution in [2.75, 3.05) is 11.9 Å². The van der Waals surface area contributed by atoms with Crippen molar-refractivity contribution in [1.29, 1.82) is 0 Å². The summed E-state index contributed by atoms with van der Waals surface area (Å²) < 4.78 is 43.7. The molecule has 2 N–H and O–H groups in total. The van der Waals surface area contributed by atoms with Crippen molar-refractivity contribution >= 4 is 23.3 Å². The summed E-state index contributed by atoms with van der Waals surface area (Å²) in [6, 6.07) is 3.96. The van der Waals surface area contributed by atoms with Gasteiger partial charge in [-0.2, -0.15) is 0 Å². The lowest BCUT2D eigenvalue weighted by Gasteiger charge is -2.70. The van der Waals surface area contributed by atoms with Crippen LogP contribution in [0.2, 0.25) is 5.02 Å². The van der Waals surface area contributed by atoms with Crippen LogP contribution in [0.5, 0.6) is 5.75 Å². The fourth-order valence-electron chi connectivity index (χ4n) is 3.89. The molecule has 0 atom stereocenters. The second-order valence-corrected chi connectivity index (χ2v) is 7.66. The Hall–Kier alpha value is -2.55. The number of benzene rings is 1. The number of aromatic nitrogens is 2. The lowest BCUT2D eigenvalue weighted by atomic mass is 9.44. The van der Waals surface area contributed by atoms with Gasteiger partial charge in [0.2, 0.25) is 0 Å². The molecule has 2 bridgehead atoms. The zero-order valence-electron chi connectivity index (χ0n) is 14.5. The largest absolute Gasteiger partial charge is 0.484 e. The van der Waals surface area contributed by atoms with Gasteiger partial charge in [0.15, 0.2) is 6.61 Å². The number of anilines is 1. The number of ether oxygens (including phenoxy) is 1. The fraction of sp³-hybridized carbons (Fsp3) is 0.389. The Morgan fingerprint density at radius 1 is 1.21 bits per heavy atom. The van der Waals surface area contributed by atoms with Crippen molar-refractivity contribution in [2.45, 2.75) is 36.8 Å². The molecule has 5 rings (SSSR count). The summed E-state index contributed by atoms with van der Waals surface area (Å²) >= 11 is 5.60. The first kappa shape index (κ1) is 18.8. The Morgan fingerprint density at radius 3 is 2.57 bits per heavy atom. The monoisotopic (exact) mass is 412 g/mol. The first-order valence-corrected chi connectivity index (χ1v) is 8.93. The average molecular weight is 413 g/mol. The highest BCUT2D eigenvalue weighted by atomic mass is 35.5. The van der Waals surface area contributed by atoms with Crippen LogP contribution in [0.4, 0.5) is 19.0 Å². The quantitative estimate of drug-likeness (QED) is 0.728. The molecular formula is C18H16ClF3N4O2. The minimum atomic E-state index is -2.65. The van der Waals surface area contributed by atoms with Crippen molar-refractivity contribution in [3.8, 4) is 5.75 Å². The number of rotatable bonds is 7. The van der Waals surface area contributed by atoms with E-state index in [9.17, 15) is 18.0 Å². The van der Waals surface area contributed by atoms with E-state index in [4.69, 9.17) is 16.3 Å². The fourth-order valence-corrected chi connectivity index (χ4v) is 4.00. The third-order valence-corrected chi connectivity index (χ3v) is 5.29. The van der Waals surface area contributed by atoms with Gasteiger partial charge in [0.05, 0.1) is 17.4 Å². The minimum Gasteiger partial charge on any atom is -0.484 e. The van der Waals surface area contributed by atoms with Crippen molar-refractivity contribution in [3.05, 3.63) is 47.1 Å². The molecule has 0 spiro atoms. The van der Waals surface area contributed by atoms with Crippen LogP contribution < -0.4 is 15.4 Å². The van der Waals surface area contributed by atoms with Gasteiger partial charge in [-0.25, -0.2) is 23.1 Å². The summed E-state index contributed by atoms with van der Waals surface area (Å²) in [4.78, 5) is 19.7. The molecule has 1 aromatic carbocycles. The summed E-state index contributed by atoms with van der Waals surface area (Å²) in [6.45, 7) is -0.232. The number of alkyl halides is 2. The number of halogens is 4. The van der Waals surface area contributed by atoms with Crippen molar-refractivity contribution < 1.29 is 22.7 Å². The highest BCUT2D eigenvalue weighted by Gasteiger charge is 2.68. The zero-order valence-corrected chi connectivity index (χ0v) is 15.3. The van der Waals surface area contributed by atoms with E-state index in [2.05, 4.69) is 20.6 Å². The Balaban J connectivity index is 1.24. The molecule has 0 unspecified atom stereocenters. The van der Waals surface area contributed by atoms with Crippen LogP contribution in [-0.2, 0) is 4.79 Å². The molecule has 0 radical (unpaired) electrons. The smallest absolute Gasteiger partial charge is 0.281 e. The van der Waals surface area contributed by atoms with Crippen LogP contribution >= 0.6 is 11.6 Å². The molecular weight excluding hydrogens is 397 g/mol. The predicted molar refractivity (Wildman–Crippen MR) is 95.0 cm³/mol. The van der Waals surface area contributed by atoms with Gasteiger partial charge in [-0.15, -0.1) is 0 Å². The van der Waals surface area contributed by atoms with Gasteiger partial charge >= 0.3 is 0 Å². The van der Waals surface area contributed by atoms with Crippen molar-refractivity contribution in [2.24, 2.45) is 0 Å². The van der Waals surface area contributed by atoms with Gasteiger partial charge in [-0.1, -0.05) is 11.6 Å². The second kappa shape index (κ2) is 6.80. The Kier molecular flexibility index (Phi) is 4.57. The molecule has 148 valence electrons. The maximum atomic E-state index is 13.4. The Labute approximate surface area is 163 Å². The van der Waals surface area contributed by atoms with Gasteiger partial charge in [0, 0.05) is 17.1 Å². The minimum absolute atomic E-state index is 0.0167. The number of nitrogens with one attached hydrogen (secondary N) is 2. The summed E-state index contributed by atoms with van der Waals surface area (Å²) in [6.07, 6.45) is 1.76. The summed E-state index contributed by atoms with van der Waals surface area (Å²) in [5.74, 6) is -0.267. The first-order chi connectivity index (χ1) is 13.3. The van der Waals surface area contributed by atoms with Gasteiger partial charge in [-0.3, -0.25) is 4.79 Å². The number of carbonyl (C=O) groups excluding carboxylic acids is 1. The number of hydrogen-bond acceptors (Lipinski definition) is 5. The first-order valence-electron chi connectivity index (χ1n) is 8.55. The van der Waals surface area contributed by atoms with Gasteiger partial charge in [0.1, 0.15) is 23.1 Å². The normalized spacial score (nSPS) is 24.9.